The average molecular weight is 384 g/mol. The standard InChI is InChI=1S/C21H28N4O3/c1-2-18-24-20(28-25-18)12-6-11-19(26)22-14-15-7-5-10-17(13-15)23-21(27)16-8-3-4-9-16/h5,7,10,13,16H,2-4,6,8-9,11-12,14H2,1H3,(H,22,26)(H,23,27). The first-order chi connectivity index (χ1) is 13.6. The van der Waals surface area contributed by atoms with E-state index in [2.05, 4.69) is 20.8 Å². The Bertz CT molecular complexity index is 796. The van der Waals surface area contributed by atoms with Gasteiger partial charge in [0.25, 0.3) is 0 Å². The molecule has 1 saturated carbocycles. The maximum absolute atomic E-state index is 12.3. The lowest BCUT2D eigenvalue weighted by Gasteiger charge is -2.12. The molecule has 2 aromatic rings. The van der Waals surface area contributed by atoms with Crippen molar-refractivity contribution in [2.45, 2.75) is 64.8 Å². The van der Waals surface area contributed by atoms with Crippen LogP contribution in [0.5, 0.6) is 0 Å². The number of amides is 2. The van der Waals surface area contributed by atoms with Crippen molar-refractivity contribution >= 4 is 17.5 Å². The summed E-state index contributed by atoms with van der Waals surface area (Å²) in [6.07, 6.45) is 6.63. The SMILES string of the molecule is CCc1noc(CCCC(=O)NCc2cccc(NC(=O)C3CCCC3)c2)n1. The summed E-state index contributed by atoms with van der Waals surface area (Å²) in [5, 5.41) is 9.76. The highest BCUT2D eigenvalue weighted by atomic mass is 16.5. The van der Waals surface area contributed by atoms with E-state index in [1.54, 1.807) is 0 Å². The van der Waals surface area contributed by atoms with E-state index in [1.807, 2.05) is 31.2 Å². The molecule has 1 aliphatic rings. The number of hydrogen-bond donors (Lipinski definition) is 2. The lowest BCUT2D eigenvalue weighted by molar-refractivity contribution is -0.121. The zero-order chi connectivity index (χ0) is 19.8. The van der Waals surface area contributed by atoms with Crippen molar-refractivity contribution in [2.75, 3.05) is 5.32 Å². The third kappa shape index (κ3) is 5.90. The molecular weight excluding hydrogens is 356 g/mol. The summed E-state index contributed by atoms with van der Waals surface area (Å²) in [7, 11) is 0. The second-order valence-corrected chi connectivity index (χ2v) is 7.26. The van der Waals surface area contributed by atoms with Crippen LogP contribution in [0, 0.1) is 5.92 Å². The van der Waals surface area contributed by atoms with Crippen LogP contribution >= 0.6 is 0 Å². The number of hydrogen-bond acceptors (Lipinski definition) is 5. The van der Waals surface area contributed by atoms with Crippen LogP contribution in [0.1, 0.15) is 62.7 Å². The van der Waals surface area contributed by atoms with Gasteiger partial charge in [-0.2, -0.15) is 4.98 Å². The fourth-order valence-electron chi connectivity index (χ4n) is 3.42. The third-order valence-electron chi connectivity index (χ3n) is 5.03. The molecule has 0 saturated heterocycles. The molecule has 1 heterocycles. The summed E-state index contributed by atoms with van der Waals surface area (Å²) in [6.45, 7) is 2.41. The molecule has 7 heteroatoms. The quantitative estimate of drug-likeness (QED) is 0.691. The summed E-state index contributed by atoms with van der Waals surface area (Å²) < 4.78 is 5.12. The van der Waals surface area contributed by atoms with Crippen molar-refractivity contribution in [3.63, 3.8) is 0 Å². The lowest BCUT2D eigenvalue weighted by Crippen LogP contribution is -2.23. The Balaban J connectivity index is 1.39. The molecule has 1 fully saturated rings. The first-order valence-corrected chi connectivity index (χ1v) is 10.1. The second-order valence-electron chi connectivity index (χ2n) is 7.26. The maximum Gasteiger partial charge on any atom is 0.227 e. The van der Waals surface area contributed by atoms with E-state index in [4.69, 9.17) is 4.52 Å². The number of carbonyl (C=O) groups is 2. The normalized spacial score (nSPS) is 14.2. The first kappa shape index (κ1) is 20.0. The molecule has 150 valence electrons. The molecule has 0 unspecified atom stereocenters. The molecule has 7 nitrogen and oxygen atoms in total. The Morgan fingerprint density at radius 1 is 1.25 bits per heavy atom. The minimum atomic E-state index is -0.0179. The lowest BCUT2D eigenvalue weighted by atomic mass is 10.1. The van der Waals surface area contributed by atoms with Gasteiger partial charge in [0.05, 0.1) is 0 Å². The van der Waals surface area contributed by atoms with E-state index in [0.717, 1.165) is 43.4 Å². The van der Waals surface area contributed by atoms with Gasteiger partial charge in [0.1, 0.15) is 0 Å². The van der Waals surface area contributed by atoms with Gasteiger partial charge in [0, 0.05) is 37.4 Å². The first-order valence-electron chi connectivity index (χ1n) is 10.1. The Hall–Kier alpha value is -2.70. The van der Waals surface area contributed by atoms with Crippen molar-refractivity contribution in [1.29, 1.82) is 0 Å². The highest BCUT2D eigenvalue weighted by Crippen LogP contribution is 2.26. The highest BCUT2D eigenvalue weighted by molar-refractivity contribution is 5.92. The molecule has 0 aliphatic heterocycles. The van der Waals surface area contributed by atoms with Gasteiger partial charge in [-0.15, -0.1) is 0 Å². The molecule has 1 aromatic heterocycles. The van der Waals surface area contributed by atoms with Crippen LogP contribution in [0.25, 0.3) is 0 Å². The fraction of sp³-hybridized carbons (Fsp3) is 0.524. The van der Waals surface area contributed by atoms with Crippen LogP contribution in [0.15, 0.2) is 28.8 Å². The molecule has 0 atom stereocenters. The Morgan fingerprint density at radius 3 is 2.82 bits per heavy atom. The zero-order valence-electron chi connectivity index (χ0n) is 16.4. The second kappa shape index (κ2) is 10.0. The van der Waals surface area contributed by atoms with Gasteiger partial charge in [-0.05, 0) is 37.0 Å². The molecule has 0 spiro atoms. The van der Waals surface area contributed by atoms with Gasteiger partial charge >= 0.3 is 0 Å². The van der Waals surface area contributed by atoms with Crippen molar-refractivity contribution in [1.82, 2.24) is 15.5 Å². The number of rotatable bonds is 9. The molecule has 28 heavy (non-hydrogen) atoms. The number of aromatic nitrogens is 2. The minimum absolute atomic E-state index is 0.0179. The Kier molecular flexibility index (Phi) is 7.17. The summed E-state index contributed by atoms with van der Waals surface area (Å²) in [4.78, 5) is 28.5. The number of anilines is 1. The van der Waals surface area contributed by atoms with Crippen molar-refractivity contribution in [2.24, 2.45) is 5.92 Å². The zero-order valence-corrected chi connectivity index (χ0v) is 16.4. The van der Waals surface area contributed by atoms with Crippen LogP contribution in [0.2, 0.25) is 0 Å². The van der Waals surface area contributed by atoms with Crippen LogP contribution in [-0.4, -0.2) is 22.0 Å². The number of nitrogens with zero attached hydrogens (tertiary/aromatic N) is 2. The molecule has 2 amide bonds. The van der Waals surface area contributed by atoms with Gasteiger partial charge in [0.15, 0.2) is 5.82 Å². The number of carbonyl (C=O) groups excluding carboxylic acids is 2. The summed E-state index contributed by atoms with van der Waals surface area (Å²) in [5.41, 5.74) is 1.74. The van der Waals surface area contributed by atoms with Crippen molar-refractivity contribution in [3.05, 3.63) is 41.5 Å². The van der Waals surface area contributed by atoms with E-state index < -0.39 is 0 Å². The van der Waals surface area contributed by atoms with E-state index in [9.17, 15) is 9.59 Å². The van der Waals surface area contributed by atoms with Crippen molar-refractivity contribution in [3.8, 4) is 0 Å². The van der Waals surface area contributed by atoms with Crippen LogP contribution in [0.3, 0.4) is 0 Å². The van der Waals surface area contributed by atoms with Gasteiger partial charge in [-0.1, -0.05) is 37.1 Å². The third-order valence-corrected chi connectivity index (χ3v) is 5.03. The summed E-state index contributed by atoms with van der Waals surface area (Å²) in [6, 6.07) is 7.63. The predicted octanol–water partition coefficient (Wildman–Crippen LogP) is 3.40. The highest BCUT2D eigenvalue weighted by Gasteiger charge is 2.22. The Morgan fingerprint density at radius 2 is 2.07 bits per heavy atom. The largest absolute Gasteiger partial charge is 0.352 e. The summed E-state index contributed by atoms with van der Waals surface area (Å²) >= 11 is 0. The number of benzene rings is 1. The van der Waals surface area contributed by atoms with Crippen LogP contribution in [-0.2, 0) is 29.0 Å². The van der Waals surface area contributed by atoms with Crippen LogP contribution < -0.4 is 10.6 Å². The topological polar surface area (TPSA) is 97.1 Å². The minimum Gasteiger partial charge on any atom is -0.352 e. The maximum atomic E-state index is 12.3. The van der Waals surface area contributed by atoms with E-state index >= 15 is 0 Å². The van der Waals surface area contributed by atoms with Crippen LogP contribution in [0.4, 0.5) is 5.69 Å². The van der Waals surface area contributed by atoms with Gasteiger partial charge in [-0.25, -0.2) is 0 Å². The predicted molar refractivity (Wildman–Crippen MR) is 105 cm³/mol. The molecule has 0 bridgehead atoms. The van der Waals surface area contributed by atoms with Gasteiger partial charge < -0.3 is 15.2 Å². The monoisotopic (exact) mass is 384 g/mol. The average Bonchev–Trinajstić information content (AvgIpc) is 3.39. The molecule has 0 radical (unpaired) electrons. The number of aryl methyl sites for hydroxylation is 2. The van der Waals surface area contributed by atoms with Gasteiger partial charge in [-0.3, -0.25) is 9.59 Å². The summed E-state index contributed by atoms with van der Waals surface area (Å²) in [5.74, 6) is 1.49. The van der Waals surface area contributed by atoms with Crippen molar-refractivity contribution < 1.29 is 14.1 Å². The Labute approximate surface area is 165 Å². The number of nitrogens with one attached hydrogen (secondary N) is 2. The molecule has 2 N–H and O–H groups in total. The molecular formula is C21H28N4O3. The molecule has 1 aromatic carbocycles. The van der Waals surface area contributed by atoms with Gasteiger partial charge in [0.2, 0.25) is 17.7 Å². The molecule has 3 rings (SSSR count). The van der Waals surface area contributed by atoms with E-state index in [0.29, 0.717) is 37.5 Å². The fourth-order valence-corrected chi connectivity index (χ4v) is 3.42. The molecule has 1 aliphatic carbocycles. The smallest absolute Gasteiger partial charge is 0.227 e. The van der Waals surface area contributed by atoms with E-state index in [-0.39, 0.29) is 17.7 Å². The van der Waals surface area contributed by atoms with E-state index in [1.165, 1.54) is 0 Å².